The van der Waals surface area contributed by atoms with E-state index in [1.807, 2.05) is 25.2 Å². The number of likely N-dealkylation sites (tertiary alicyclic amines) is 1. The molecule has 10 heteroatoms. The van der Waals surface area contributed by atoms with Crippen LogP contribution in [0.5, 0.6) is 5.75 Å². The summed E-state index contributed by atoms with van der Waals surface area (Å²) in [5.74, 6) is 1.04. The Morgan fingerprint density at radius 1 is 1.15 bits per heavy atom. The minimum Gasteiger partial charge on any atom is -0.435 e. The fraction of sp³-hybridized carbons (Fsp3) is 0.304. The molecule has 33 heavy (non-hydrogen) atoms. The monoisotopic (exact) mass is 453 g/mol. The summed E-state index contributed by atoms with van der Waals surface area (Å²) in [5.41, 5.74) is 2.27. The van der Waals surface area contributed by atoms with E-state index >= 15 is 0 Å². The molecule has 170 valence electrons. The third-order valence-electron chi connectivity index (χ3n) is 5.91. The molecule has 0 saturated carbocycles. The summed E-state index contributed by atoms with van der Waals surface area (Å²) in [5, 5.41) is 9.44. The smallest absolute Gasteiger partial charge is 0.387 e. The largest absolute Gasteiger partial charge is 0.435 e. The van der Waals surface area contributed by atoms with Crippen molar-refractivity contribution in [3.63, 3.8) is 0 Å². The van der Waals surface area contributed by atoms with Gasteiger partial charge < -0.3 is 14.2 Å². The number of aryl methyl sites for hydroxylation is 1. The molecule has 3 heterocycles. The summed E-state index contributed by atoms with van der Waals surface area (Å²) in [6.45, 7) is -1.82. The summed E-state index contributed by atoms with van der Waals surface area (Å²) >= 11 is 0. The maximum absolute atomic E-state index is 12.8. The van der Waals surface area contributed by atoms with Crippen molar-refractivity contribution in [1.82, 2.24) is 24.8 Å². The Labute approximate surface area is 187 Å². The number of aromatic nitrogens is 4. The predicted molar refractivity (Wildman–Crippen MR) is 115 cm³/mol. The standard InChI is InChI=1S/C23H21F2N5O3/c1-29-19-12-16(2-3-17(19)13-26-29)20-27-21(33-28-20)14-8-10-30(11-9-14)22(31)15-4-6-18(7-5-15)32-23(24)25/h2-7,12-14,23H,8-11H2,1H3. The average molecular weight is 453 g/mol. The van der Waals surface area contributed by atoms with Gasteiger partial charge >= 0.3 is 6.61 Å². The van der Waals surface area contributed by atoms with Crippen molar-refractivity contribution in [1.29, 1.82) is 0 Å². The molecule has 0 atom stereocenters. The molecule has 0 unspecified atom stereocenters. The Hall–Kier alpha value is -3.82. The van der Waals surface area contributed by atoms with Crippen molar-refractivity contribution < 1.29 is 22.8 Å². The number of hydrogen-bond acceptors (Lipinski definition) is 6. The van der Waals surface area contributed by atoms with Gasteiger partial charge in [-0.2, -0.15) is 18.9 Å². The Balaban J connectivity index is 1.22. The number of amides is 1. The van der Waals surface area contributed by atoms with E-state index in [9.17, 15) is 13.6 Å². The fourth-order valence-corrected chi connectivity index (χ4v) is 4.09. The van der Waals surface area contributed by atoms with Crippen LogP contribution in [-0.4, -0.2) is 50.4 Å². The van der Waals surface area contributed by atoms with Crippen molar-refractivity contribution >= 4 is 16.8 Å². The Kier molecular flexibility index (Phi) is 5.49. The Morgan fingerprint density at radius 2 is 1.91 bits per heavy atom. The molecule has 0 bridgehead atoms. The van der Waals surface area contributed by atoms with Crippen molar-refractivity contribution in [2.24, 2.45) is 7.05 Å². The van der Waals surface area contributed by atoms with Crippen LogP contribution in [0.1, 0.15) is 35.0 Å². The number of fused-ring (bicyclic) bond motifs is 1. The molecule has 5 rings (SSSR count). The quantitative estimate of drug-likeness (QED) is 0.449. The van der Waals surface area contributed by atoms with Crippen LogP contribution in [0.15, 0.2) is 53.2 Å². The lowest BCUT2D eigenvalue weighted by atomic mass is 9.96. The van der Waals surface area contributed by atoms with Crippen LogP contribution in [0, 0.1) is 0 Å². The predicted octanol–water partition coefficient (Wildman–Crippen LogP) is 4.24. The minimum atomic E-state index is -2.89. The zero-order valence-electron chi connectivity index (χ0n) is 17.8. The van der Waals surface area contributed by atoms with E-state index in [4.69, 9.17) is 4.52 Å². The van der Waals surface area contributed by atoms with Gasteiger partial charge in [0.25, 0.3) is 5.91 Å². The highest BCUT2D eigenvalue weighted by molar-refractivity contribution is 5.94. The number of rotatable bonds is 5. The second-order valence-corrected chi connectivity index (χ2v) is 7.97. The van der Waals surface area contributed by atoms with Crippen LogP contribution >= 0.6 is 0 Å². The fourth-order valence-electron chi connectivity index (χ4n) is 4.09. The highest BCUT2D eigenvalue weighted by Crippen LogP contribution is 2.30. The molecule has 1 saturated heterocycles. The van der Waals surface area contributed by atoms with Crippen molar-refractivity contribution in [3.8, 4) is 17.1 Å². The van der Waals surface area contributed by atoms with E-state index in [-0.39, 0.29) is 17.6 Å². The van der Waals surface area contributed by atoms with E-state index < -0.39 is 6.61 Å². The highest BCUT2D eigenvalue weighted by atomic mass is 19.3. The highest BCUT2D eigenvalue weighted by Gasteiger charge is 2.28. The number of piperidine rings is 1. The number of nitrogens with zero attached hydrogens (tertiary/aromatic N) is 5. The zero-order valence-corrected chi connectivity index (χ0v) is 17.8. The SMILES string of the molecule is Cn1ncc2ccc(-c3noc(C4CCN(C(=O)c5ccc(OC(F)F)cc5)CC4)n3)cc21. The third-order valence-corrected chi connectivity index (χ3v) is 5.91. The van der Waals surface area contributed by atoms with E-state index in [1.165, 1.54) is 24.3 Å². The maximum Gasteiger partial charge on any atom is 0.387 e. The first kappa shape index (κ1) is 21.0. The van der Waals surface area contributed by atoms with E-state index in [1.54, 1.807) is 15.8 Å². The number of alkyl halides is 2. The van der Waals surface area contributed by atoms with Gasteiger partial charge in [0, 0.05) is 42.6 Å². The summed E-state index contributed by atoms with van der Waals surface area (Å²) in [6.07, 6.45) is 3.20. The molecule has 0 N–H and O–H groups in total. The van der Waals surface area contributed by atoms with Gasteiger partial charge in [0.05, 0.1) is 11.7 Å². The summed E-state index contributed by atoms with van der Waals surface area (Å²) in [4.78, 5) is 19.1. The molecular weight excluding hydrogens is 432 g/mol. The van der Waals surface area contributed by atoms with Crippen LogP contribution in [0.3, 0.4) is 0 Å². The molecule has 1 aliphatic rings. The molecule has 2 aromatic heterocycles. The molecule has 1 aliphatic heterocycles. The normalized spacial score (nSPS) is 14.8. The van der Waals surface area contributed by atoms with E-state index in [2.05, 4.69) is 20.0 Å². The molecule has 4 aromatic rings. The summed E-state index contributed by atoms with van der Waals surface area (Å²) in [7, 11) is 1.88. The Bertz CT molecular complexity index is 1280. The maximum atomic E-state index is 12.8. The number of carbonyl (C=O) groups is 1. The molecule has 8 nitrogen and oxygen atoms in total. The second-order valence-electron chi connectivity index (χ2n) is 7.97. The van der Waals surface area contributed by atoms with Gasteiger partial charge in [-0.25, -0.2) is 0 Å². The van der Waals surface area contributed by atoms with Crippen molar-refractivity contribution in [3.05, 3.63) is 60.1 Å². The van der Waals surface area contributed by atoms with Crippen LogP contribution in [0.25, 0.3) is 22.3 Å². The summed E-state index contributed by atoms with van der Waals surface area (Å²) in [6, 6.07) is 11.6. The number of ether oxygens (including phenoxy) is 1. The van der Waals surface area contributed by atoms with E-state index in [0.29, 0.717) is 43.2 Å². The van der Waals surface area contributed by atoms with Crippen molar-refractivity contribution in [2.45, 2.75) is 25.4 Å². The van der Waals surface area contributed by atoms with Gasteiger partial charge in [-0.15, -0.1) is 0 Å². The lowest BCUT2D eigenvalue weighted by molar-refractivity contribution is -0.0498. The van der Waals surface area contributed by atoms with Gasteiger partial charge in [0.15, 0.2) is 0 Å². The van der Waals surface area contributed by atoms with Crippen molar-refractivity contribution in [2.75, 3.05) is 13.1 Å². The lowest BCUT2D eigenvalue weighted by Crippen LogP contribution is -2.38. The van der Waals surface area contributed by atoms with E-state index in [0.717, 1.165) is 16.5 Å². The topological polar surface area (TPSA) is 86.3 Å². The van der Waals surface area contributed by atoms with Crippen LogP contribution in [0.4, 0.5) is 8.78 Å². The molecule has 1 amide bonds. The van der Waals surface area contributed by atoms with Crippen LogP contribution in [0.2, 0.25) is 0 Å². The number of carbonyl (C=O) groups excluding carboxylic acids is 1. The van der Waals surface area contributed by atoms with Gasteiger partial charge in [-0.1, -0.05) is 17.3 Å². The number of halogens is 2. The molecular formula is C23H21F2N5O3. The first-order chi connectivity index (χ1) is 16.0. The first-order valence-corrected chi connectivity index (χ1v) is 10.6. The minimum absolute atomic E-state index is 0.0231. The molecule has 0 spiro atoms. The molecule has 0 aliphatic carbocycles. The van der Waals surface area contributed by atoms with Crippen LogP contribution in [-0.2, 0) is 7.05 Å². The Morgan fingerprint density at radius 3 is 2.64 bits per heavy atom. The number of hydrogen-bond donors (Lipinski definition) is 0. The van der Waals surface area contributed by atoms with Crippen LogP contribution < -0.4 is 4.74 Å². The average Bonchev–Trinajstić information content (AvgIpc) is 3.46. The van der Waals surface area contributed by atoms with Gasteiger partial charge in [-0.3, -0.25) is 9.48 Å². The second kappa shape index (κ2) is 8.61. The van der Waals surface area contributed by atoms with Gasteiger partial charge in [0.2, 0.25) is 11.7 Å². The lowest BCUT2D eigenvalue weighted by Gasteiger charge is -2.30. The first-order valence-electron chi connectivity index (χ1n) is 10.6. The number of benzene rings is 2. The molecule has 0 radical (unpaired) electrons. The third kappa shape index (κ3) is 4.28. The summed E-state index contributed by atoms with van der Waals surface area (Å²) < 4.78 is 36.3. The van der Waals surface area contributed by atoms with Gasteiger partial charge in [0.1, 0.15) is 5.75 Å². The zero-order chi connectivity index (χ0) is 22.9. The molecule has 2 aromatic carbocycles. The van der Waals surface area contributed by atoms with Gasteiger partial charge in [-0.05, 0) is 43.2 Å². The molecule has 1 fully saturated rings.